The van der Waals surface area contributed by atoms with Gasteiger partial charge in [-0.3, -0.25) is 14.7 Å². The van der Waals surface area contributed by atoms with E-state index >= 15 is 0 Å². The molecule has 0 radical (unpaired) electrons. The van der Waals surface area contributed by atoms with Crippen molar-refractivity contribution in [2.24, 2.45) is 0 Å². The molecule has 7 nitrogen and oxygen atoms in total. The second-order valence-electron chi connectivity index (χ2n) is 6.96. The maximum absolute atomic E-state index is 12.9. The van der Waals surface area contributed by atoms with Gasteiger partial charge in [0, 0.05) is 56.8 Å². The van der Waals surface area contributed by atoms with Gasteiger partial charge in [0.05, 0.1) is 12.6 Å². The summed E-state index contributed by atoms with van der Waals surface area (Å²) in [5.74, 6) is 1.39. The van der Waals surface area contributed by atoms with Crippen LogP contribution >= 0.6 is 11.6 Å². The lowest BCUT2D eigenvalue weighted by Crippen LogP contribution is -2.37. The summed E-state index contributed by atoms with van der Waals surface area (Å²) in [7, 11) is 1.68. The number of amides is 1. The van der Waals surface area contributed by atoms with E-state index in [9.17, 15) is 4.79 Å². The molecule has 1 aromatic carbocycles. The normalized spacial score (nSPS) is 19.7. The van der Waals surface area contributed by atoms with Crippen molar-refractivity contribution in [3.05, 3.63) is 52.8 Å². The second-order valence-corrected chi connectivity index (χ2v) is 7.37. The van der Waals surface area contributed by atoms with Gasteiger partial charge in [0.25, 0.3) is 0 Å². The van der Waals surface area contributed by atoms with Gasteiger partial charge in [0.2, 0.25) is 12.7 Å². The predicted octanol–water partition coefficient (Wildman–Crippen LogP) is 2.32. The molecule has 0 N–H and O–H groups in total. The first kappa shape index (κ1) is 19.0. The van der Waals surface area contributed by atoms with Crippen LogP contribution in [0.25, 0.3) is 0 Å². The van der Waals surface area contributed by atoms with Crippen molar-refractivity contribution in [3.63, 3.8) is 0 Å². The van der Waals surface area contributed by atoms with E-state index in [0.29, 0.717) is 49.2 Å². The fraction of sp³-hybridized carbons (Fsp3) is 0.400. The van der Waals surface area contributed by atoms with Crippen LogP contribution in [-0.2, 0) is 22.6 Å². The standard InChI is InChI=1S/C20H22ClN3O4/c1-26-16-10-23(9-15-5-18-19(6-17(15)21)28-13-27-18)12-20(25)24(11-16)8-14-3-2-4-22-7-14/h2-7,16H,8-13H2,1H3/t16-/m1/s1. The Labute approximate surface area is 168 Å². The number of ether oxygens (including phenoxy) is 3. The number of carbonyl (C=O) groups excluding carboxylic acids is 1. The van der Waals surface area contributed by atoms with Crippen LogP contribution in [0.5, 0.6) is 11.5 Å². The first-order valence-corrected chi connectivity index (χ1v) is 9.50. The number of benzene rings is 1. The molecule has 1 atom stereocenters. The van der Waals surface area contributed by atoms with E-state index in [1.165, 1.54) is 0 Å². The zero-order valence-corrected chi connectivity index (χ0v) is 16.4. The van der Waals surface area contributed by atoms with E-state index in [4.69, 9.17) is 25.8 Å². The molecule has 0 unspecified atom stereocenters. The first-order chi connectivity index (χ1) is 13.6. The SMILES string of the molecule is CO[C@@H]1CN(Cc2cc3c(cc2Cl)OCO3)CC(=O)N(Cc2cccnc2)C1. The number of carbonyl (C=O) groups is 1. The van der Waals surface area contributed by atoms with Crippen molar-refractivity contribution in [3.8, 4) is 11.5 Å². The van der Waals surface area contributed by atoms with Crippen LogP contribution in [0, 0.1) is 0 Å². The average Bonchev–Trinajstić information content (AvgIpc) is 3.08. The quantitative estimate of drug-likeness (QED) is 0.763. The average molecular weight is 404 g/mol. The number of halogens is 1. The predicted molar refractivity (Wildman–Crippen MR) is 103 cm³/mol. The molecule has 148 valence electrons. The fourth-order valence-electron chi connectivity index (χ4n) is 3.50. The zero-order valence-electron chi connectivity index (χ0n) is 15.6. The Morgan fingerprint density at radius 2 is 2.07 bits per heavy atom. The molecule has 1 aromatic heterocycles. The number of rotatable bonds is 5. The monoisotopic (exact) mass is 403 g/mol. The molecule has 1 fully saturated rings. The minimum absolute atomic E-state index is 0.0558. The van der Waals surface area contributed by atoms with Crippen LogP contribution in [0.3, 0.4) is 0 Å². The van der Waals surface area contributed by atoms with Gasteiger partial charge in [-0.2, -0.15) is 0 Å². The minimum atomic E-state index is -0.0871. The van der Waals surface area contributed by atoms with E-state index in [1.807, 2.05) is 23.1 Å². The van der Waals surface area contributed by atoms with Crippen LogP contribution in [0.15, 0.2) is 36.7 Å². The number of fused-ring (bicyclic) bond motifs is 1. The molecule has 3 heterocycles. The summed E-state index contributed by atoms with van der Waals surface area (Å²) in [6.07, 6.45) is 3.42. The lowest BCUT2D eigenvalue weighted by Gasteiger charge is -2.23. The second kappa shape index (κ2) is 8.34. The number of aromatic nitrogens is 1. The Kier molecular flexibility index (Phi) is 5.66. The van der Waals surface area contributed by atoms with Gasteiger partial charge < -0.3 is 19.1 Å². The van der Waals surface area contributed by atoms with Crippen LogP contribution in [-0.4, -0.2) is 60.3 Å². The molecule has 0 spiro atoms. The van der Waals surface area contributed by atoms with Crippen molar-refractivity contribution in [1.29, 1.82) is 0 Å². The molecule has 1 amide bonds. The fourth-order valence-corrected chi connectivity index (χ4v) is 3.72. The number of methoxy groups -OCH3 is 1. The van der Waals surface area contributed by atoms with Crippen LogP contribution in [0.1, 0.15) is 11.1 Å². The van der Waals surface area contributed by atoms with Gasteiger partial charge in [-0.25, -0.2) is 0 Å². The topological polar surface area (TPSA) is 64.1 Å². The third kappa shape index (κ3) is 4.22. The Bertz CT molecular complexity index is 849. The molecule has 28 heavy (non-hydrogen) atoms. The lowest BCUT2D eigenvalue weighted by molar-refractivity contribution is -0.132. The molecule has 0 bridgehead atoms. The number of hydrogen-bond acceptors (Lipinski definition) is 6. The molecular weight excluding hydrogens is 382 g/mol. The van der Waals surface area contributed by atoms with Gasteiger partial charge in [0.1, 0.15) is 0 Å². The largest absolute Gasteiger partial charge is 0.454 e. The van der Waals surface area contributed by atoms with Gasteiger partial charge in [-0.15, -0.1) is 0 Å². The molecule has 1 saturated heterocycles. The van der Waals surface area contributed by atoms with Crippen LogP contribution < -0.4 is 9.47 Å². The van der Waals surface area contributed by atoms with E-state index in [-0.39, 0.29) is 18.8 Å². The Balaban J connectivity index is 1.49. The van der Waals surface area contributed by atoms with Gasteiger partial charge >= 0.3 is 0 Å². The summed E-state index contributed by atoms with van der Waals surface area (Å²) in [4.78, 5) is 20.9. The minimum Gasteiger partial charge on any atom is -0.454 e. The van der Waals surface area contributed by atoms with Crippen LogP contribution in [0.4, 0.5) is 0 Å². The Morgan fingerprint density at radius 3 is 2.82 bits per heavy atom. The summed E-state index contributed by atoms with van der Waals surface area (Å²) >= 11 is 6.41. The maximum Gasteiger partial charge on any atom is 0.237 e. The summed E-state index contributed by atoms with van der Waals surface area (Å²) in [6, 6.07) is 7.49. The zero-order chi connectivity index (χ0) is 19.5. The Morgan fingerprint density at radius 1 is 1.25 bits per heavy atom. The summed E-state index contributed by atoms with van der Waals surface area (Å²) < 4.78 is 16.4. The number of hydrogen-bond donors (Lipinski definition) is 0. The number of nitrogens with zero attached hydrogens (tertiary/aromatic N) is 3. The van der Waals surface area contributed by atoms with Crippen molar-refractivity contribution < 1.29 is 19.0 Å². The van der Waals surface area contributed by atoms with E-state index in [0.717, 1.165) is 11.1 Å². The smallest absolute Gasteiger partial charge is 0.237 e. The highest BCUT2D eigenvalue weighted by Crippen LogP contribution is 2.37. The van der Waals surface area contributed by atoms with E-state index in [1.54, 1.807) is 25.6 Å². The molecule has 8 heteroatoms. The third-order valence-corrected chi connectivity index (χ3v) is 5.31. The molecule has 4 rings (SSSR count). The lowest BCUT2D eigenvalue weighted by atomic mass is 10.1. The first-order valence-electron chi connectivity index (χ1n) is 9.12. The summed E-state index contributed by atoms with van der Waals surface area (Å²) in [6.45, 7) is 2.72. The molecule has 0 aliphatic carbocycles. The highest BCUT2D eigenvalue weighted by molar-refractivity contribution is 6.31. The van der Waals surface area contributed by atoms with Gasteiger partial charge in [-0.05, 0) is 23.3 Å². The van der Waals surface area contributed by atoms with Crippen molar-refractivity contribution in [2.75, 3.05) is 33.5 Å². The van der Waals surface area contributed by atoms with Crippen molar-refractivity contribution in [1.82, 2.24) is 14.8 Å². The van der Waals surface area contributed by atoms with Crippen LogP contribution in [0.2, 0.25) is 5.02 Å². The number of pyridine rings is 1. The maximum atomic E-state index is 12.9. The summed E-state index contributed by atoms with van der Waals surface area (Å²) in [5, 5.41) is 0.599. The Hall–Kier alpha value is -2.35. The molecular formula is C20H22ClN3O4. The van der Waals surface area contributed by atoms with Gasteiger partial charge in [-0.1, -0.05) is 17.7 Å². The van der Waals surface area contributed by atoms with Crippen molar-refractivity contribution >= 4 is 17.5 Å². The van der Waals surface area contributed by atoms with E-state index in [2.05, 4.69) is 9.88 Å². The highest BCUT2D eigenvalue weighted by Gasteiger charge is 2.29. The highest BCUT2D eigenvalue weighted by atomic mass is 35.5. The third-order valence-electron chi connectivity index (χ3n) is 4.96. The molecule has 2 aromatic rings. The molecule has 2 aliphatic rings. The van der Waals surface area contributed by atoms with E-state index < -0.39 is 0 Å². The van der Waals surface area contributed by atoms with Gasteiger partial charge in [0.15, 0.2) is 11.5 Å². The molecule has 0 saturated carbocycles. The molecule has 2 aliphatic heterocycles. The summed E-state index contributed by atoms with van der Waals surface area (Å²) in [5.41, 5.74) is 1.90. The van der Waals surface area contributed by atoms with Crippen molar-refractivity contribution in [2.45, 2.75) is 19.2 Å².